The molecule has 3 saturated heterocycles. The Morgan fingerprint density at radius 3 is 2.25 bits per heavy atom. The highest BCUT2D eigenvalue weighted by Gasteiger charge is 2.44. The van der Waals surface area contributed by atoms with Crippen LogP contribution in [-0.4, -0.2) is 68.1 Å². The fourth-order valence-corrected chi connectivity index (χ4v) is 8.49. The van der Waals surface area contributed by atoms with Gasteiger partial charge in [0.15, 0.2) is 0 Å². The number of carboxylic acid groups (broad SMARTS) is 1. The van der Waals surface area contributed by atoms with E-state index >= 15 is 0 Å². The Balaban J connectivity index is 1.07. The van der Waals surface area contributed by atoms with Gasteiger partial charge in [0, 0.05) is 36.8 Å². The second-order valence-corrected chi connectivity index (χ2v) is 13.3. The van der Waals surface area contributed by atoms with E-state index in [-0.39, 0.29) is 16.9 Å². The average Bonchev–Trinajstić information content (AvgIpc) is 3.50. The molecule has 0 unspecified atom stereocenters. The van der Waals surface area contributed by atoms with Crippen LogP contribution in [0.1, 0.15) is 88.7 Å². The van der Waals surface area contributed by atoms with Gasteiger partial charge in [-0.05, 0) is 107 Å². The molecule has 4 aromatic rings. The fraction of sp³-hybridized carbons (Fsp3) is 0.432. The van der Waals surface area contributed by atoms with Crippen LogP contribution >= 0.6 is 0 Å². The Morgan fingerprint density at radius 1 is 0.864 bits per heavy atom. The highest BCUT2D eigenvalue weighted by molar-refractivity contribution is 5.97. The van der Waals surface area contributed by atoms with Crippen molar-refractivity contribution < 1.29 is 14.7 Å². The van der Waals surface area contributed by atoms with Crippen molar-refractivity contribution in [1.29, 1.82) is 0 Å². The molecule has 44 heavy (non-hydrogen) atoms. The van der Waals surface area contributed by atoms with E-state index in [1.54, 1.807) is 12.1 Å². The summed E-state index contributed by atoms with van der Waals surface area (Å²) in [7, 11) is 0. The molecule has 3 atom stereocenters. The number of aromatic nitrogens is 2. The molecule has 1 N–H and O–H groups in total. The monoisotopic (exact) mass is 590 g/mol. The number of nitrogens with zero attached hydrogens (tertiary/aromatic N) is 4. The van der Waals surface area contributed by atoms with Crippen molar-refractivity contribution >= 4 is 22.9 Å². The van der Waals surface area contributed by atoms with Crippen molar-refractivity contribution in [3.63, 3.8) is 0 Å². The number of amides is 1. The lowest BCUT2D eigenvalue weighted by atomic mass is 9.70. The van der Waals surface area contributed by atoms with Crippen LogP contribution in [-0.2, 0) is 5.41 Å². The van der Waals surface area contributed by atoms with Crippen molar-refractivity contribution in [2.75, 3.05) is 19.6 Å². The van der Waals surface area contributed by atoms with Crippen LogP contribution in [0.25, 0.3) is 11.0 Å². The predicted molar refractivity (Wildman–Crippen MR) is 172 cm³/mol. The highest BCUT2D eigenvalue weighted by Crippen LogP contribution is 2.45. The lowest BCUT2D eigenvalue weighted by Gasteiger charge is -2.45. The van der Waals surface area contributed by atoms with Crippen LogP contribution in [0.2, 0.25) is 0 Å². The van der Waals surface area contributed by atoms with Gasteiger partial charge in [-0.2, -0.15) is 0 Å². The lowest BCUT2D eigenvalue weighted by Crippen LogP contribution is -2.49. The molecule has 2 bridgehead atoms. The Kier molecular flexibility index (Phi) is 7.53. The summed E-state index contributed by atoms with van der Waals surface area (Å²) in [4.78, 5) is 34.5. The minimum Gasteiger partial charge on any atom is -0.478 e. The maximum absolute atomic E-state index is 13.4. The summed E-state index contributed by atoms with van der Waals surface area (Å²) >= 11 is 0. The number of hydrogen-bond acceptors (Lipinski definition) is 4. The third-order valence-electron chi connectivity index (χ3n) is 10.9. The van der Waals surface area contributed by atoms with Crippen LogP contribution in [0.3, 0.4) is 0 Å². The molecular formula is C37H42N4O3. The standard InChI is InChI=1S/C37H42N4O3/c1-25-10-12-29(13-11-25)37(16-19-39(20-17-37)35(42)27-6-5-7-28(22-27)36(43)44)18-21-40-30-14-15-31(40)24-32(23-30)41-26(2)38-33-8-3-4-9-34(33)41/h3-13,22,30-32H,14-21,23-24H2,1-2H3,(H,43,44)/t30-,31+,32+. The van der Waals surface area contributed by atoms with Gasteiger partial charge in [0.2, 0.25) is 0 Å². The normalized spacial score (nSPS) is 23.2. The summed E-state index contributed by atoms with van der Waals surface area (Å²) in [6, 6.07) is 25.7. The number of likely N-dealkylation sites (tertiary alicyclic amines) is 1. The minimum absolute atomic E-state index is 0.0147. The molecule has 0 aliphatic carbocycles. The maximum atomic E-state index is 13.4. The van der Waals surface area contributed by atoms with E-state index in [1.165, 1.54) is 54.5 Å². The Labute approximate surface area is 259 Å². The summed E-state index contributed by atoms with van der Waals surface area (Å²) in [5, 5.41) is 9.41. The number of imidazole rings is 1. The molecule has 3 aromatic carbocycles. The van der Waals surface area contributed by atoms with Crippen LogP contribution < -0.4 is 0 Å². The molecule has 1 amide bonds. The zero-order chi connectivity index (χ0) is 30.4. The van der Waals surface area contributed by atoms with E-state index in [2.05, 4.69) is 71.8 Å². The number of rotatable bonds is 7. The van der Waals surface area contributed by atoms with Gasteiger partial charge in [-0.25, -0.2) is 9.78 Å². The van der Waals surface area contributed by atoms with Gasteiger partial charge in [0.05, 0.1) is 16.6 Å². The second kappa shape index (κ2) is 11.5. The van der Waals surface area contributed by atoms with Crippen molar-refractivity contribution in [3.05, 3.63) is 101 Å². The number of para-hydroxylation sites is 2. The largest absolute Gasteiger partial charge is 0.478 e. The molecule has 4 heterocycles. The van der Waals surface area contributed by atoms with E-state index < -0.39 is 5.97 Å². The number of piperidine rings is 2. The van der Waals surface area contributed by atoms with Crippen LogP contribution in [0.15, 0.2) is 72.8 Å². The third kappa shape index (κ3) is 5.21. The smallest absolute Gasteiger partial charge is 0.335 e. The Hall–Kier alpha value is -3.97. The van der Waals surface area contributed by atoms with Gasteiger partial charge in [0.25, 0.3) is 5.91 Å². The summed E-state index contributed by atoms with van der Waals surface area (Å²) in [5.41, 5.74) is 5.62. The summed E-state index contributed by atoms with van der Waals surface area (Å²) < 4.78 is 2.50. The van der Waals surface area contributed by atoms with Gasteiger partial charge in [0.1, 0.15) is 5.82 Å². The zero-order valence-corrected chi connectivity index (χ0v) is 25.8. The number of benzene rings is 3. The molecule has 7 rings (SSSR count). The third-order valence-corrected chi connectivity index (χ3v) is 10.9. The minimum atomic E-state index is -1.01. The van der Waals surface area contributed by atoms with E-state index in [4.69, 9.17) is 4.98 Å². The van der Waals surface area contributed by atoms with Crippen molar-refractivity contribution in [2.24, 2.45) is 0 Å². The van der Waals surface area contributed by atoms with Gasteiger partial charge < -0.3 is 14.6 Å². The maximum Gasteiger partial charge on any atom is 0.335 e. The van der Waals surface area contributed by atoms with Crippen LogP contribution in [0.5, 0.6) is 0 Å². The van der Waals surface area contributed by atoms with Crippen molar-refractivity contribution in [1.82, 2.24) is 19.4 Å². The number of carbonyl (C=O) groups is 2. The zero-order valence-electron chi connectivity index (χ0n) is 25.8. The van der Waals surface area contributed by atoms with E-state index in [9.17, 15) is 14.7 Å². The molecular weight excluding hydrogens is 548 g/mol. The topological polar surface area (TPSA) is 78.7 Å². The summed E-state index contributed by atoms with van der Waals surface area (Å²) in [6.45, 7) is 6.71. The predicted octanol–water partition coefficient (Wildman–Crippen LogP) is 6.78. The first-order valence-electron chi connectivity index (χ1n) is 16.2. The van der Waals surface area contributed by atoms with Gasteiger partial charge in [-0.15, -0.1) is 0 Å². The number of carboxylic acids is 1. The molecule has 228 valence electrons. The number of hydrogen-bond donors (Lipinski definition) is 1. The first kappa shape index (κ1) is 28.8. The first-order valence-corrected chi connectivity index (χ1v) is 16.2. The number of aryl methyl sites for hydroxylation is 2. The molecule has 3 aliphatic heterocycles. The lowest BCUT2D eigenvalue weighted by molar-refractivity contribution is 0.0607. The average molecular weight is 591 g/mol. The van der Waals surface area contributed by atoms with Crippen LogP contribution in [0.4, 0.5) is 0 Å². The SMILES string of the molecule is Cc1ccc(C2(CCN3[C@@H]4CC[C@H]3C[C@@H](n3c(C)nc5ccccc53)C4)CCN(C(=O)c3cccc(C(=O)O)c3)CC2)cc1. The van der Waals surface area contributed by atoms with Gasteiger partial charge in [-0.3, -0.25) is 9.69 Å². The number of aromatic carboxylic acids is 1. The van der Waals surface area contributed by atoms with E-state index in [1.807, 2.05) is 4.90 Å². The van der Waals surface area contributed by atoms with Crippen LogP contribution in [0, 0.1) is 13.8 Å². The van der Waals surface area contributed by atoms with Crippen molar-refractivity contribution in [3.8, 4) is 0 Å². The summed E-state index contributed by atoms with van der Waals surface area (Å²) in [5.74, 6) is 0.0367. The highest BCUT2D eigenvalue weighted by atomic mass is 16.4. The first-order chi connectivity index (χ1) is 21.3. The van der Waals surface area contributed by atoms with Crippen molar-refractivity contribution in [2.45, 2.75) is 82.3 Å². The molecule has 0 saturated carbocycles. The molecule has 7 heteroatoms. The van der Waals surface area contributed by atoms with Gasteiger partial charge in [-0.1, -0.05) is 48.0 Å². The van der Waals surface area contributed by atoms with Gasteiger partial charge >= 0.3 is 5.97 Å². The quantitative estimate of drug-likeness (QED) is 0.257. The molecule has 3 aliphatic rings. The Morgan fingerprint density at radius 2 is 1.55 bits per heavy atom. The fourth-order valence-electron chi connectivity index (χ4n) is 8.49. The molecule has 7 nitrogen and oxygen atoms in total. The Bertz CT molecular complexity index is 1670. The van der Waals surface area contributed by atoms with E-state index in [0.29, 0.717) is 36.8 Å². The molecule has 0 spiro atoms. The summed E-state index contributed by atoms with van der Waals surface area (Å²) in [6.07, 6.45) is 7.78. The number of carbonyl (C=O) groups excluding carboxylic acids is 1. The van der Waals surface area contributed by atoms with E-state index in [0.717, 1.165) is 37.1 Å². The molecule has 3 fully saturated rings. The number of fused-ring (bicyclic) bond motifs is 3. The molecule has 1 aromatic heterocycles. The second-order valence-electron chi connectivity index (χ2n) is 13.3. The molecule has 0 radical (unpaired) electrons.